The van der Waals surface area contributed by atoms with Crippen LogP contribution < -0.4 is 10.2 Å². The van der Waals surface area contributed by atoms with Crippen molar-refractivity contribution in [2.75, 3.05) is 31.2 Å². The summed E-state index contributed by atoms with van der Waals surface area (Å²) in [6.07, 6.45) is 7.16. The summed E-state index contributed by atoms with van der Waals surface area (Å²) in [5.74, 6) is 1.63. The number of aromatic nitrogens is 2. The highest BCUT2D eigenvalue weighted by Crippen LogP contribution is 2.27. The number of anilines is 1. The number of hydrogen-bond acceptors (Lipinski definition) is 5. The fourth-order valence-corrected chi connectivity index (χ4v) is 3.19. The van der Waals surface area contributed by atoms with Gasteiger partial charge < -0.3 is 15.0 Å². The molecule has 1 aromatic heterocycles. The molecule has 2 fully saturated rings. The van der Waals surface area contributed by atoms with Gasteiger partial charge in [0.25, 0.3) is 0 Å². The summed E-state index contributed by atoms with van der Waals surface area (Å²) in [5, 5.41) is 2.98. The smallest absolute Gasteiger partial charge is 0.220 e. The van der Waals surface area contributed by atoms with Crippen LogP contribution in [0.3, 0.4) is 0 Å². The van der Waals surface area contributed by atoms with Crippen molar-refractivity contribution < 1.29 is 9.53 Å². The minimum absolute atomic E-state index is 0.137. The van der Waals surface area contributed by atoms with Crippen molar-refractivity contribution in [2.45, 2.75) is 38.6 Å². The van der Waals surface area contributed by atoms with Crippen LogP contribution in [-0.2, 0) is 16.1 Å². The fraction of sp³-hybridized carbons (Fsp3) is 0.688. The number of nitrogens with zero attached hydrogens (tertiary/aromatic N) is 3. The Hall–Kier alpha value is -1.69. The molecular formula is C16H24N4O2. The molecular weight excluding hydrogens is 280 g/mol. The molecule has 1 amide bonds. The lowest BCUT2D eigenvalue weighted by Crippen LogP contribution is -2.37. The molecule has 1 aromatic rings. The van der Waals surface area contributed by atoms with E-state index in [-0.39, 0.29) is 5.91 Å². The lowest BCUT2D eigenvalue weighted by atomic mass is 10.0. The monoisotopic (exact) mass is 304 g/mol. The van der Waals surface area contributed by atoms with Gasteiger partial charge in [-0.25, -0.2) is 9.97 Å². The lowest BCUT2D eigenvalue weighted by molar-refractivity contribution is -0.122. The van der Waals surface area contributed by atoms with Crippen LogP contribution in [0.2, 0.25) is 0 Å². The molecule has 120 valence electrons. The number of amides is 1. The van der Waals surface area contributed by atoms with Crippen LogP contribution in [0.1, 0.15) is 37.8 Å². The number of carbonyl (C=O) groups is 1. The van der Waals surface area contributed by atoms with E-state index in [2.05, 4.69) is 20.2 Å². The van der Waals surface area contributed by atoms with E-state index >= 15 is 0 Å². The fourth-order valence-electron chi connectivity index (χ4n) is 3.19. The molecule has 0 spiro atoms. The Bertz CT molecular complexity index is 497. The SMILES string of the molecule is O=C(CC1CCCC1)NCc1cc(N2CCOCC2)ncn1. The van der Waals surface area contributed by atoms with Crippen LogP contribution >= 0.6 is 0 Å². The van der Waals surface area contributed by atoms with Crippen molar-refractivity contribution in [1.82, 2.24) is 15.3 Å². The molecule has 1 N–H and O–H groups in total. The van der Waals surface area contributed by atoms with Gasteiger partial charge in [-0.3, -0.25) is 4.79 Å². The maximum atomic E-state index is 12.0. The standard InChI is InChI=1S/C16H24N4O2/c21-16(9-13-3-1-2-4-13)17-11-14-10-15(19-12-18-14)20-5-7-22-8-6-20/h10,12-13H,1-9,11H2,(H,17,21). The number of hydrogen-bond donors (Lipinski definition) is 1. The first-order valence-electron chi connectivity index (χ1n) is 8.21. The number of morpholine rings is 1. The molecule has 1 saturated heterocycles. The minimum Gasteiger partial charge on any atom is -0.378 e. The van der Waals surface area contributed by atoms with Crippen molar-refractivity contribution in [3.8, 4) is 0 Å². The largest absolute Gasteiger partial charge is 0.378 e. The van der Waals surface area contributed by atoms with Gasteiger partial charge in [-0.2, -0.15) is 0 Å². The van der Waals surface area contributed by atoms with Gasteiger partial charge in [-0.15, -0.1) is 0 Å². The first kappa shape index (κ1) is 15.2. The molecule has 2 aliphatic rings. The van der Waals surface area contributed by atoms with Crippen LogP contribution in [0.25, 0.3) is 0 Å². The van der Waals surface area contributed by atoms with Gasteiger partial charge in [0.2, 0.25) is 5.91 Å². The molecule has 1 aliphatic heterocycles. The van der Waals surface area contributed by atoms with Crippen molar-refractivity contribution in [3.63, 3.8) is 0 Å². The molecule has 0 aromatic carbocycles. The van der Waals surface area contributed by atoms with Crippen LogP contribution in [0.15, 0.2) is 12.4 Å². The number of ether oxygens (including phenoxy) is 1. The molecule has 6 heteroatoms. The normalized spacial score (nSPS) is 19.4. The number of rotatable bonds is 5. The Morgan fingerprint density at radius 2 is 2.05 bits per heavy atom. The molecule has 0 unspecified atom stereocenters. The van der Waals surface area contributed by atoms with Crippen molar-refractivity contribution in [1.29, 1.82) is 0 Å². The van der Waals surface area contributed by atoms with Crippen LogP contribution in [0, 0.1) is 5.92 Å². The van der Waals surface area contributed by atoms with E-state index < -0.39 is 0 Å². The van der Waals surface area contributed by atoms with E-state index in [1.807, 2.05) is 6.07 Å². The molecule has 0 radical (unpaired) electrons. The Morgan fingerprint density at radius 3 is 2.82 bits per heavy atom. The second-order valence-corrected chi connectivity index (χ2v) is 6.10. The number of carbonyl (C=O) groups excluding carboxylic acids is 1. The molecule has 0 bridgehead atoms. The zero-order valence-corrected chi connectivity index (χ0v) is 13.0. The zero-order chi connectivity index (χ0) is 15.2. The third-order valence-corrected chi connectivity index (χ3v) is 4.46. The highest BCUT2D eigenvalue weighted by Gasteiger charge is 2.18. The highest BCUT2D eigenvalue weighted by molar-refractivity contribution is 5.76. The van der Waals surface area contributed by atoms with Gasteiger partial charge in [0.1, 0.15) is 12.1 Å². The molecule has 1 saturated carbocycles. The third-order valence-electron chi connectivity index (χ3n) is 4.46. The van der Waals surface area contributed by atoms with E-state index in [1.165, 1.54) is 25.7 Å². The maximum absolute atomic E-state index is 12.0. The molecule has 22 heavy (non-hydrogen) atoms. The van der Waals surface area contributed by atoms with Crippen molar-refractivity contribution >= 4 is 11.7 Å². The minimum atomic E-state index is 0.137. The summed E-state index contributed by atoms with van der Waals surface area (Å²) < 4.78 is 5.35. The van der Waals surface area contributed by atoms with Crippen LogP contribution in [-0.4, -0.2) is 42.2 Å². The van der Waals surface area contributed by atoms with Gasteiger partial charge >= 0.3 is 0 Å². The topological polar surface area (TPSA) is 67.4 Å². The van der Waals surface area contributed by atoms with Crippen molar-refractivity contribution in [2.24, 2.45) is 5.92 Å². The molecule has 0 atom stereocenters. The predicted octanol–water partition coefficient (Wildman–Crippen LogP) is 1.51. The molecule has 1 aliphatic carbocycles. The van der Waals surface area contributed by atoms with Gasteiger partial charge in [-0.1, -0.05) is 12.8 Å². The summed E-state index contributed by atoms with van der Waals surface area (Å²) in [6.45, 7) is 3.65. The highest BCUT2D eigenvalue weighted by atomic mass is 16.5. The second-order valence-electron chi connectivity index (χ2n) is 6.10. The Balaban J connectivity index is 1.50. The Kier molecular flexibility index (Phi) is 5.21. The predicted molar refractivity (Wildman–Crippen MR) is 83.5 cm³/mol. The van der Waals surface area contributed by atoms with Gasteiger partial charge in [0.05, 0.1) is 25.5 Å². The summed E-state index contributed by atoms with van der Waals surface area (Å²) in [5.41, 5.74) is 0.858. The first-order valence-corrected chi connectivity index (χ1v) is 8.21. The van der Waals surface area contributed by atoms with Gasteiger partial charge in [-0.05, 0) is 18.8 Å². The van der Waals surface area contributed by atoms with Gasteiger partial charge in [0.15, 0.2) is 0 Å². The Labute approximate surface area is 131 Å². The zero-order valence-electron chi connectivity index (χ0n) is 13.0. The van der Waals surface area contributed by atoms with Gasteiger partial charge in [0, 0.05) is 25.6 Å². The van der Waals surface area contributed by atoms with E-state index in [4.69, 9.17) is 4.74 Å². The third kappa shape index (κ3) is 4.16. The maximum Gasteiger partial charge on any atom is 0.220 e. The van der Waals surface area contributed by atoms with E-state index in [9.17, 15) is 4.79 Å². The molecule has 3 rings (SSSR count). The summed E-state index contributed by atoms with van der Waals surface area (Å²) in [6, 6.07) is 1.96. The van der Waals surface area contributed by atoms with Crippen molar-refractivity contribution in [3.05, 3.63) is 18.1 Å². The summed E-state index contributed by atoms with van der Waals surface area (Å²) >= 11 is 0. The average molecular weight is 304 g/mol. The van der Waals surface area contributed by atoms with Crippen LogP contribution in [0.4, 0.5) is 5.82 Å². The van der Waals surface area contributed by atoms with Crippen LogP contribution in [0.5, 0.6) is 0 Å². The average Bonchev–Trinajstić information content (AvgIpc) is 3.07. The van der Waals surface area contributed by atoms with E-state index in [0.717, 1.165) is 37.8 Å². The molecule has 6 nitrogen and oxygen atoms in total. The molecule has 2 heterocycles. The first-order chi connectivity index (χ1) is 10.8. The summed E-state index contributed by atoms with van der Waals surface area (Å²) in [7, 11) is 0. The Morgan fingerprint density at radius 1 is 1.27 bits per heavy atom. The van der Waals surface area contributed by atoms with E-state index in [1.54, 1.807) is 6.33 Å². The quantitative estimate of drug-likeness (QED) is 0.893. The van der Waals surface area contributed by atoms with E-state index in [0.29, 0.717) is 18.9 Å². The second kappa shape index (κ2) is 7.54. The lowest BCUT2D eigenvalue weighted by Gasteiger charge is -2.27. The summed E-state index contributed by atoms with van der Waals surface area (Å²) in [4.78, 5) is 22.7. The number of nitrogens with one attached hydrogen (secondary N) is 1.